The van der Waals surface area contributed by atoms with E-state index >= 15 is 0 Å². The Morgan fingerprint density at radius 3 is 2.89 bits per heavy atom. The normalized spacial score (nSPS) is 19.7. The van der Waals surface area contributed by atoms with E-state index in [0.717, 1.165) is 66.7 Å². The summed E-state index contributed by atoms with van der Waals surface area (Å²) in [4.78, 5) is 17.0. The zero-order chi connectivity index (χ0) is 17.8. The molecule has 0 radical (unpaired) electrons. The molecule has 3 aliphatic rings. The van der Waals surface area contributed by atoms with Gasteiger partial charge in [0.2, 0.25) is 0 Å². The molecular weight excluding hydrogens is 334 g/mol. The minimum Gasteiger partial charge on any atom is -0.327 e. The first kappa shape index (κ1) is 15.5. The second kappa shape index (κ2) is 5.99. The number of allylic oxidation sites excluding steroid dienone is 1. The van der Waals surface area contributed by atoms with E-state index in [1.54, 1.807) is 0 Å². The van der Waals surface area contributed by atoms with Crippen molar-refractivity contribution in [1.82, 2.24) is 24.4 Å². The van der Waals surface area contributed by atoms with Gasteiger partial charge in [0.1, 0.15) is 5.82 Å². The summed E-state index contributed by atoms with van der Waals surface area (Å²) in [6.45, 7) is 3.34. The lowest BCUT2D eigenvalue weighted by Crippen LogP contribution is -2.41. The van der Waals surface area contributed by atoms with Crippen molar-refractivity contribution >= 4 is 17.1 Å². The summed E-state index contributed by atoms with van der Waals surface area (Å²) >= 11 is 0. The highest BCUT2D eigenvalue weighted by molar-refractivity contribution is 5.82. The van der Waals surface area contributed by atoms with Crippen molar-refractivity contribution in [2.75, 3.05) is 13.1 Å². The van der Waals surface area contributed by atoms with Crippen molar-refractivity contribution in [3.63, 3.8) is 0 Å². The third-order valence-corrected chi connectivity index (χ3v) is 6.41. The first-order valence-corrected chi connectivity index (χ1v) is 10.1. The Kier molecular flexibility index (Phi) is 3.44. The van der Waals surface area contributed by atoms with E-state index in [1.807, 2.05) is 6.20 Å². The largest absolute Gasteiger partial charge is 0.327 e. The maximum absolute atomic E-state index is 4.98. The molecular formula is C22H23N5. The van der Waals surface area contributed by atoms with Crippen LogP contribution in [-0.2, 0) is 19.4 Å². The number of benzene rings is 1. The predicted molar refractivity (Wildman–Crippen MR) is 106 cm³/mol. The Balaban J connectivity index is 1.33. The van der Waals surface area contributed by atoms with Crippen molar-refractivity contribution in [1.29, 1.82) is 0 Å². The monoisotopic (exact) mass is 357 g/mol. The summed E-state index contributed by atoms with van der Waals surface area (Å²) in [5.74, 6) is 1.23. The van der Waals surface area contributed by atoms with Gasteiger partial charge < -0.3 is 4.57 Å². The Morgan fingerprint density at radius 2 is 2.00 bits per heavy atom. The summed E-state index contributed by atoms with van der Waals surface area (Å²) < 4.78 is 2.43. The Morgan fingerprint density at radius 1 is 1.04 bits per heavy atom. The van der Waals surface area contributed by atoms with Gasteiger partial charge in [0.15, 0.2) is 0 Å². The number of fused-ring (bicyclic) bond motifs is 4. The maximum atomic E-state index is 4.98. The SMILES string of the molecule is C1=Cc2nc(-c3ccc4c(c3)nc3n4CCN(C4CCC4)CC3)cnc2C1. The molecule has 0 amide bonds. The highest BCUT2D eigenvalue weighted by Crippen LogP contribution is 2.29. The average Bonchev–Trinajstić information content (AvgIpc) is 3.20. The number of nitrogens with zero attached hydrogens (tertiary/aromatic N) is 5. The number of rotatable bonds is 2. The van der Waals surface area contributed by atoms with Gasteiger partial charge in [-0.2, -0.15) is 0 Å². The van der Waals surface area contributed by atoms with Gasteiger partial charge >= 0.3 is 0 Å². The fraction of sp³-hybridized carbons (Fsp3) is 0.409. The average molecular weight is 357 g/mol. The molecule has 2 aromatic heterocycles. The molecule has 0 unspecified atom stereocenters. The van der Waals surface area contributed by atoms with Crippen molar-refractivity contribution in [3.05, 3.63) is 47.7 Å². The van der Waals surface area contributed by atoms with Gasteiger partial charge in [-0.3, -0.25) is 9.88 Å². The number of hydrogen-bond acceptors (Lipinski definition) is 4. The lowest BCUT2D eigenvalue weighted by atomic mass is 9.91. The number of hydrogen-bond donors (Lipinski definition) is 0. The molecule has 1 aromatic carbocycles. The van der Waals surface area contributed by atoms with Crippen LogP contribution in [0, 0.1) is 0 Å². The lowest BCUT2D eigenvalue weighted by molar-refractivity contribution is 0.130. The molecule has 0 bridgehead atoms. The van der Waals surface area contributed by atoms with Crippen molar-refractivity contribution in [2.45, 2.75) is 44.7 Å². The van der Waals surface area contributed by atoms with Crippen LogP contribution in [0.25, 0.3) is 28.4 Å². The van der Waals surface area contributed by atoms with Crippen LogP contribution >= 0.6 is 0 Å². The number of imidazole rings is 1. The van der Waals surface area contributed by atoms with Gasteiger partial charge in [-0.25, -0.2) is 9.97 Å². The Hall–Kier alpha value is -2.53. The smallest absolute Gasteiger partial charge is 0.111 e. The topological polar surface area (TPSA) is 46.8 Å². The van der Waals surface area contributed by atoms with Crippen LogP contribution in [-0.4, -0.2) is 43.6 Å². The molecule has 0 spiro atoms. The first-order valence-electron chi connectivity index (χ1n) is 10.1. The van der Waals surface area contributed by atoms with Crippen molar-refractivity contribution in [3.8, 4) is 11.3 Å². The fourth-order valence-corrected chi connectivity index (χ4v) is 4.62. The second-order valence-corrected chi connectivity index (χ2v) is 7.95. The summed E-state index contributed by atoms with van der Waals surface area (Å²) in [7, 11) is 0. The highest BCUT2D eigenvalue weighted by Gasteiger charge is 2.27. The van der Waals surface area contributed by atoms with E-state index in [4.69, 9.17) is 9.97 Å². The highest BCUT2D eigenvalue weighted by atomic mass is 15.2. The zero-order valence-electron chi connectivity index (χ0n) is 15.4. The molecule has 1 fully saturated rings. The van der Waals surface area contributed by atoms with Crippen LogP contribution < -0.4 is 0 Å². The second-order valence-electron chi connectivity index (χ2n) is 7.95. The third-order valence-electron chi connectivity index (χ3n) is 6.41. The molecule has 3 aromatic rings. The molecule has 136 valence electrons. The van der Waals surface area contributed by atoms with Crippen LogP contribution in [0.5, 0.6) is 0 Å². The molecule has 0 N–H and O–H groups in total. The molecule has 3 heterocycles. The molecule has 2 aliphatic carbocycles. The van der Waals surface area contributed by atoms with E-state index in [-0.39, 0.29) is 0 Å². The lowest BCUT2D eigenvalue weighted by Gasteiger charge is -2.36. The van der Waals surface area contributed by atoms with Gasteiger partial charge in [-0.15, -0.1) is 0 Å². The van der Waals surface area contributed by atoms with Crippen molar-refractivity contribution < 1.29 is 0 Å². The predicted octanol–water partition coefficient (Wildman–Crippen LogP) is 3.47. The van der Waals surface area contributed by atoms with E-state index in [9.17, 15) is 0 Å². The molecule has 1 saturated carbocycles. The molecule has 0 saturated heterocycles. The molecule has 27 heavy (non-hydrogen) atoms. The van der Waals surface area contributed by atoms with Gasteiger partial charge in [0.05, 0.1) is 34.3 Å². The standard InChI is InChI=1S/C22H23N5/c1-3-16(4-1)26-10-9-22-25-19-13-15(7-8-21(19)27(22)12-11-26)20-14-23-17-5-2-6-18(17)24-20/h2,6-8,13-14,16H,1,3-5,9-12H2. The molecule has 5 nitrogen and oxygen atoms in total. The quantitative estimate of drug-likeness (QED) is 0.705. The van der Waals surface area contributed by atoms with Crippen molar-refractivity contribution in [2.24, 2.45) is 0 Å². The summed E-state index contributed by atoms with van der Waals surface area (Å²) in [5, 5.41) is 0. The van der Waals surface area contributed by atoms with E-state index < -0.39 is 0 Å². The van der Waals surface area contributed by atoms with Crippen LogP contribution in [0.2, 0.25) is 0 Å². The first-order chi connectivity index (χ1) is 13.3. The third kappa shape index (κ3) is 2.52. The number of aromatic nitrogens is 4. The van der Waals surface area contributed by atoms with Gasteiger partial charge in [0, 0.05) is 44.1 Å². The van der Waals surface area contributed by atoms with Crippen LogP contribution in [0.3, 0.4) is 0 Å². The molecule has 5 heteroatoms. The Bertz CT molecular complexity index is 1060. The van der Waals surface area contributed by atoms with Crippen LogP contribution in [0.1, 0.15) is 36.5 Å². The summed E-state index contributed by atoms with van der Waals surface area (Å²) in [6.07, 6.45) is 12.2. The summed E-state index contributed by atoms with van der Waals surface area (Å²) in [5.41, 5.74) is 6.44. The molecule has 0 atom stereocenters. The maximum Gasteiger partial charge on any atom is 0.111 e. The van der Waals surface area contributed by atoms with Crippen LogP contribution in [0.15, 0.2) is 30.5 Å². The Labute approximate surface area is 158 Å². The fourth-order valence-electron chi connectivity index (χ4n) is 4.62. The zero-order valence-corrected chi connectivity index (χ0v) is 15.4. The minimum absolute atomic E-state index is 0.819. The molecule has 1 aliphatic heterocycles. The minimum atomic E-state index is 0.819. The van der Waals surface area contributed by atoms with Gasteiger partial charge in [0.25, 0.3) is 0 Å². The van der Waals surface area contributed by atoms with Gasteiger partial charge in [-0.1, -0.05) is 18.6 Å². The van der Waals surface area contributed by atoms with E-state index in [2.05, 4.69) is 44.8 Å². The van der Waals surface area contributed by atoms with E-state index in [0.29, 0.717) is 0 Å². The molecule has 6 rings (SSSR count). The van der Waals surface area contributed by atoms with E-state index in [1.165, 1.54) is 30.6 Å². The van der Waals surface area contributed by atoms with Crippen LogP contribution in [0.4, 0.5) is 0 Å². The van der Waals surface area contributed by atoms with Gasteiger partial charge in [-0.05, 0) is 31.1 Å². The summed E-state index contributed by atoms with van der Waals surface area (Å²) in [6, 6.07) is 7.38.